The van der Waals surface area contributed by atoms with Gasteiger partial charge in [0.05, 0.1) is 15.1 Å². The molecule has 1 N–H and O–H groups in total. The normalized spacial score (nSPS) is 10.4. The van der Waals surface area contributed by atoms with Gasteiger partial charge in [-0.15, -0.1) is 10.2 Å². The largest absolute Gasteiger partial charge is 0.482 e. The van der Waals surface area contributed by atoms with Gasteiger partial charge in [-0.05, 0) is 13.0 Å². The van der Waals surface area contributed by atoms with Gasteiger partial charge in [-0.3, -0.25) is 10.1 Å². The molecule has 0 spiro atoms. The summed E-state index contributed by atoms with van der Waals surface area (Å²) in [4.78, 5) is 11.7. The van der Waals surface area contributed by atoms with Crippen LogP contribution in [0.15, 0.2) is 12.1 Å². The van der Waals surface area contributed by atoms with Gasteiger partial charge < -0.3 is 4.74 Å². The molecule has 1 aromatic carbocycles. The van der Waals surface area contributed by atoms with Crippen molar-refractivity contribution >= 4 is 57.2 Å². The van der Waals surface area contributed by atoms with Crippen LogP contribution in [-0.2, 0) is 4.79 Å². The van der Waals surface area contributed by atoms with Crippen molar-refractivity contribution in [3.63, 3.8) is 0 Å². The number of rotatable bonds is 4. The third-order valence-corrected chi connectivity index (χ3v) is 3.88. The highest BCUT2D eigenvalue weighted by Gasteiger charge is 2.11. The SMILES string of the molecule is Cc1nnc(NC(=O)COc2cc(Cl)c(Cl)cc2Cl)s1. The van der Waals surface area contributed by atoms with Gasteiger partial charge in [0.2, 0.25) is 5.13 Å². The predicted molar refractivity (Wildman–Crippen MR) is 80.2 cm³/mol. The highest BCUT2D eigenvalue weighted by molar-refractivity contribution is 7.15. The first-order valence-electron chi connectivity index (χ1n) is 5.33. The minimum absolute atomic E-state index is 0.226. The summed E-state index contributed by atoms with van der Waals surface area (Å²) in [5.41, 5.74) is 0. The molecule has 0 radical (unpaired) electrons. The summed E-state index contributed by atoms with van der Waals surface area (Å²) in [7, 11) is 0. The zero-order valence-electron chi connectivity index (χ0n) is 10.1. The number of ether oxygens (including phenoxy) is 1. The highest BCUT2D eigenvalue weighted by atomic mass is 35.5. The molecule has 1 aromatic heterocycles. The summed E-state index contributed by atoms with van der Waals surface area (Å²) in [5.74, 6) is -0.0899. The van der Waals surface area contributed by atoms with Crippen LogP contribution in [0.1, 0.15) is 5.01 Å². The van der Waals surface area contributed by atoms with Crippen LogP contribution < -0.4 is 10.1 Å². The first-order chi connectivity index (χ1) is 9.45. The van der Waals surface area contributed by atoms with Crippen molar-refractivity contribution in [2.24, 2.45) is 0 Å². The fourth-order valence-electron chi connectivity index (χ4n) is 1.26. The number of hydrogen-bond donors (Lipinski definition) is 1. The standard InChI is InChI=1S/C11H8Cl3N3O2S/c1-5-16-17-11(20-5)15-10(18)4-19-9-3-7(13)6(12)2-8(9)14/h2-3H,4H2,1H3,(H,15,17,18). The van der Waals surface area contributed by atoms with Crippen LogP contribution in [0.4, 0.5) is 5.13 Å². The summed E-state index contributed by atoms with van der Waals surface area (Å²) in [6.07, 6.45) is 0. The average molecular weight is 353 g/mol. The third kappa shape index (κ3) is 3.96. The van der Waals surface area contributed by atoms with Crippen LogP contribution >= 0.6 is 46.1 Å². The van der Waals surface area contributed by atoms with E-state index < -0.39 is 0 Å². The molecule has 106 valence electrons. The molecule has 0 unspecified atom stereocenters. The maximum absolute atomic E-state index is 11.7. The second-order valence-electron chi connectivity index (χ2n) is 3.66. The number of carbonyl (C=O) groups excluding carboxylic acids is 1. The van der Waals surface area contributed by atoms with Gasteiger partial charge >= 0.3 is 0 Å². The van der Waals surface area contributed by atoms with Crippen molar-refractivity contribution < 1.29 is 9.53 Å². The number of nitrogens with zero attached hydrogens (tertiary/aromatic N) is 2. The number of halogens is 3. The van der Waals surface area contributed by atoms with Gasteiger partial charge in [0.1, 0.15) is 10.8 Å². The van der Waals surface area contributed by atoms with Crippen LogP contribution in [0.2, 0.25) is 15.1 Å². The second kappa shape index (κ2) is 6.58. The van der Waals surface area contributed by atoms with Crippen molar-refractivity contribution in [3.8, 4) is 5.75 Å². The molecule has 1 amide bonds. The molecule has 2 aromatic rings. The Kier molecular flexibility index (Phi) is 5.04. The number of hydrogen-bond acceptors (Lipinski definition) is 5. The van der Waals surface area contributed by atoms with Gasteiger partial charge in [-0.1, -0.05) is 46.1 Å². The fraction of sp³-hybridized carbons (Fsp3) is 0.182. The molecule has 0 aliphatic heterocycles. The number of carbonyl (C=O) groups is 1. The maximum atomic E-state index is 11.7. The summed E-state index contributed by atoms with van der Waals surface area (Å²) in [6, 6.07) is 2.90. The maximum Gasteiger partial charge on any atom is 0.264 e. The Hall–Kier alpha value is -1.08. The first-order valence-corrected chi connectivity index (χ1v) is 7.28. The number of aromatic nitrogens is 2. The van der Waals surface area contributed by atoms with Crippen LogP contribution in [0.5, 0.6) is 5.75 Å². The summed E-state index contributed by atoms with van der Waals surface area (Å²) in [6.45, 7) is 1.57. The molecule has 9 heteroatoms. The molecule has 0 atom stereocenters. The van der Waals surface area contributed by atoms with E-state index in [1.807, 2.05) is 0 Å². The number of anilines is 1. The van der Waals surface area contributed by atoms with E-state index in [0.717, 1.165) is 5.01 Å². The van der Waals surface area contributed by atoms with Gasteiger partial charge in [0.15, 0.2) is 6.61 Å². The lowest BCUT2D eigenvalue weighted by Gasteiger charge is -2.08. The molecular weight excluding hydrogens is 345 g/mol. The zero-order valence-corrected chi connectivity index (χ0v) is 13.2. The van der Waals surface area contributed by atoms with Crippen molar-refractivity contribution in [2.45, 2.75) is 6.92 Å². The van der Waals surface area contributed by atoms with Gasteiger partial charge in [-0.25, -0.2) is 0 Å². The zero-order chi connectivity index (χ0) is 14.7. The number of aryl methyl sites for hydroxylation is 1. The van der Waals surface area contributed by atoms with E-state index >= 15 is 0 Å². The van der Waals surface area contributed by atoms with Crippen molar-refractivity contribution in [1.82, 2.24) is 10.2 Å². The first kappa shape index (κ1) is 15.3. The van der Waals surface area contributed by atoms with Gasteiger partial charge in [-0.2, -0.15) is 0 Å². The van der Waals surface area contributed by atoms with E-state index in [1.165, 1.54) is 23.5 Å². The average Bonchev–Trinajstić information content (AvgIpc) is 2.77. The lowest BCUT2D eigenvalue weighted by atomic mass is 10.3. The molecule has 1 heterocycles. The van der Waals surface area contributed by atoms with Gasteiger partial charge in [0.25, 0.3) is 5.91 Å². The van der Waals surface area contributed by atoms with Crippen LogP contribution in [0.25, 0.3) is 0 Å². The molecule has 0 fully saturated rings. The molecule has 2 rings (SSSR count). The van der Waals surface area contributed by atoms with E-state index in [1.54, 1.807) is 6.92 Å². The molecule has 0 aliphatic carbocycles. The minimum atomic E-state index is -0.372. The van der Waals surface area contributed by atoms with Crippen LogP contribution in [0, 0.1) is 6.92 Å². The van der Waals surface area contributed by atoms with Gasteiger partial charge in [0, 0.05) is 6.07 Å². The van der Waals surface area contributed by atoms with Crippen molar-refractivity contribution in [3.05, 3.63) is 32.2 Å². The lowest BCUT2D eigenvalue weighted by Crippen LogP contribution is -2.20. The second-order valence-corrected chi connectivity index (χ2v) is 6.06. The third-order valence-electron chi connectivity index (χ3n) is 2.11. The molecule has 5 nitrogen and oxygen atoms in total. The topological polar surface area (TPSA) is 64.1 Å². The molecule has 0 saturated carbocycles. The van der Waals surface area contributed by atoms with E-state index in [-0.39, 0.29) is 23.3 Å². The predicted octanol–water partition coefficient (Wildman–Crippen LogP) is 3.82. The Morgan fingerprint density at radius 1 is 1.25 bits per heavy atom. The summed E-state index contributed by atoms with van der Waals surface area (Å²) >= 11 is 18.8. The smallest absolute Gasteiger partial charge is 0.264 e. The number of nitrogens with one attached hydrogen (secondary N) is 1. The summed E-state index contributed by atoms with van der Waals surface area (Å²) < 4.78 is 5.28. The van der Waals surface area contributed by atoms with Crippen LogP contribution in [-0.4, -0.2) is 22.7 Å². The highest BCUT2D eigenvalue weighted by Crippen LogP contribution is 2.33. The van der Waals surface area contributed by atoms with E-state index in [0.29, 0.717) is 15.2 Å². The van der Waals surface area contributed by atoms with E-state index in [4.69, 9.17) is 39.5 Å². The monoisotopic (exact) mass is 351 g/mol. The Morgan fingerprint density at radius 3 is 2.60 bits per heavy atom. The van der Waals surface area contributed by atoms with Crippen molar-refractivity contribution in [2.75, 3.05) is 11.9 Å². The van der Waals surface area contributed by atoms with E-state index in [9.17, 15) is 4.79 Å². The molecular formula is C11H8Cl3N3O2S. The van der Waals surface area contributed by atoms with Crippen LogP contribution in [0.3, 0.4) is 0 Å². The Labute approximate surface area is 133 Å². The van der Waals surface area contributed by atoms with E-state index in [2.05, 4.69) is 15.5 Å². The fourth-order valence-corrected chi connectivity index (χ4v) is 2.46. The Bertz CT molecular complexity index is 648. The summed E-state index contributed by atoms with van der Waals surface area (Å²) in [5, 5.41) is 12.2. The quantitative estimate of drug-likeness (QED) is 0.850. The Balaban J connectivity index is 1.95. The minimum Gasteiger partial charge on any atom is -0.482 e. The molecule has 0 saturated heterocycles. The van der Waals surface area contributed by atoms with Crippen molar-refractivity contribution in [1.29, 1.82) is 0 Å². The lowest BCUT2D eigenvalue weighted by molar-refractivity contribution is -0.118. The molecule has 0 bridgehead atoms. The molecule has 0 aliphatic rings. The number of benzene rings is 1. The Morgan fingerprint density at radius 2 is 1.95 bits per heavy atom. The molecule has 20 heavy (non-hydrogen) atoms. The number of amides is 1.